The molecule has 0 radical (unpaired) electrons. The maximum atomic E-state index is 11.1. The molecule has 2 aromatic rings. The molecule has 0 atom stereocenters. The molecule has 0 spiro atoms. The van der Waals surface area contributed by atoms with E-state index in [-0.39, 0.29) is 0 Å². The Morgan fingerprint density at radius 3 is 2.00 bits per heavy atom. The minimum absolute atomic E-state index is 0.450. The summed E-state index contributed by atoms with van der Waals surface area (Å²) in [6.07, 6.45) is 1.30. The van der Waals surface area contributed by atoms with Crippen LogP contribution in [0.3, 0.4) is 0 Å². The van der Waals surface area contributed by atoms with Crippen LogP contribution in [0.2, 0.25) is 0 Å². The summed E-state index contributed by atoms with van der Waals surface area (Å²) in [4.78, 5) is 11.1. The van der Waals surface area contributed by atoms with Crippen molar-refractivity contribution in [1.29, 1.82) is 0 Å². The van der Waals surface area contributed by atoms with Crippen LogP contribution in [0.5, 0.6) is 23.0 Å². The van der Waals surface area contributed by atoms with Gasteiger partial charge in [-0.25, -0.2) is 0 Å². The molecule has 0 aliphatic rings. The SMILES string of the molecule is COc1ccc(OC)c(Cc2cc(OC)c(C=O)cc2OC)c1. The lowest BCUT2D eigenvalue weighted by Gasteiger charge is -2.15. The van der Waals surface area contributed by atoms with Crippen LogP contribution >= 0.6 is 0 Å². The van der Waals surface area contributed by atoms with Gasteiger partial charge < -0.3 is 18.9 Å². The van der Waals surface area contributed by atoms with Crippen LogP contribution in [0, 0.1) is 0 Å². The summed E-state index contributed by atoms with van der Waals surface area (Å²) in [5, 5.41) is 0. The van der Waals surface area contributed by atoms with Crippen molar-refractivity contribution >= 4 is 6.29 Å². The van der Waals surface area contributed by atoms with Crippen molar-refractivity contribution in [3.05, 3.63) is 47.0 Å². The summed E-state index contributed by atoms with van der Waals surface area (Å²) < 4.78 is 21.4. The molecule has 0 saturated carbocycles. The Hall–Kier alpha value is -2.69. The molecule has 0 aromatic heterocycles. The number of carbonyl (C=O) groups is 1. The number of methoxy groups -OCH3 is 4. The lowest BCUT2D eigenvalue weighted by Crippen LogP contribution is -2.00. The number of hydrogen-bond donors (Lipinski definition) is 0. The molecule has 0 N–H and O–H groups in total. The molecule has 0 unspecified atom stereocenters. The number of ether oxygens (including phenoxy) is 4. The quantitative estimate of drug-likeness (QED) is 0.735. The molecule has 0 heterocycles. The van der Waals surface area contributed by atoms with Gasteiger partial charge in [-0.05, 0) is 30.3 Å². The van der Waals surface area contributed by atoms with E-state index in [1.165, 1.54) is 7.11 Å². The highest BCUT2D eigenvalue weighted by Crippen LogP contribution is 2.33. The first-order valence-corrected chi connectivity index (χ1v) is 7.07. The third kappa shape index (κ3) is 3.56. The van der Waals surface area contributed by atoms with E-state index in [4.69, 9.17) is 18.9 Å². The van der Waals surface area contributed by atoms with Gasteiger partial charge in [-0.1, -0.05) is 0 Å². The van der Waals surface area contributed by atoms with Crippen LogP contribution in [-0.2, 0) is 6.42 Å². The summed E-state index contributed by atoms with van der Waals surface area (Å²) in [5.74, 6) is 2.64. The molecule has 2 aromatic carbocycles. The van der Waals surface area contributed by atoms with Crippen LogP contribution in [0.1, 0.15) is 21.5 Å². The zero-order chi connectivity index (χ0) is 16.8. The zero-order valence-corrected chi connectivity index (χ0v) is 13.7. The van der Waals surface area contributed by atoms with Gasteiger partial charge in [0.15, 0.2) is 6.29 Å². The van der Waals surface area contributed by atoms with Crippen molar-refractivity contribution in [3.8, 4) is 23.0 Å². The van der Waals surface area contributed by atoms with E-state index in [0.29, 0.717) is 23.5 Å². The van der Waals surface area contributed by atoms with Crippen molar-refractivity contribution in [1.82, 2.24) is 0 Å². The van der Waals surface area contributed by atoms with E-state index in [0.717, 1.165) is 28.9 Å². The van der Waals surface area contributed by atoms with E-state index in [1.807, 2.05) is 24.3 Å². The highest BCUT2D eigenvalue weighted by Gasteiger charge is 2.14. The molecule has 23 heavy (non-hydrogen) atoms. The summed E-state index contributed by atoms with van der Waals surface area (Å²) >= 11 is 0. The zero-order valence-electron chi connectivity index (χ0n) is 13.7. The van der Waals surface area contributed by atoms with Gasteiger partial charge in [0.2, 0.25) is 0 Å². The van der Waals surface area contributed by atoms with Gasteiger partial charge in [0.25, 0.3) is 0 Å². The molecule has 5 heteroatoms. The van der Waals surface area contributed by atoms with Crippen LogP contribution in [-0.4, -0.2) is 34.7 Å². The van der Waals surface area contributed by atoms with E-state index in [1.54, 1.807) is 27.4 Å². The fraction of sp³-hybridized carbons (Fsp3) is 0.278. The molecular weight excluding hydrogens is 296 g/mol. The molecule has 0 bridgehead atoms. The van der Waals surface area contributed by atoms with E-state index >= 15 is 0 Å². The second-order valence-corrected chi connectivity index (χ2v) is 4.88. The standard InChI is InChI=1S/C18H20O5/c1-20-15-5-6-16(21-2)12(8-15)7-13-9-18(23-4)14(11-19)10-17(13)22-3/h5-6,8-11H,7H2,1-4H3. The summed E-state index contributed by atoms with van der Waals surface area (Å²) in [6, 6.07) is 9.10. The number of benzene rings is 2. The van der Waals surface area contributed by atoms with Gasteiger partial charge in [-0.2, -0.15) is 0 Å². The van der Waals surface area contributed by atoms with Crippen molar-refractivity contribution in [3.63, 3.8) is 0 Å². The van der Waals surface area contributed by atoms with Crippen LogP contribution in [0.4, 0.5) is 0 Å². The molecule has 5 nitrogen and oxygen atoms in total. The molecule has 0 aliphatic carbocycles. The Kier molecular flexibility index (Phi) is 5.46. The Morgan fingerprint density at radius 2 is 1.43 bits per heavy atom. The summed E-state index contributed by atoms with van der Waals surface area (Å²) in [7, 11) is 6.35. The number of rotatable bonds is 7. The Balaban J connectivity index is 2.48. The van der Waals surface area contributed by atoms with Gasteiger partial charge in [-0.3, -0.25) is 4.79 Å². The largest absolute Gasteiger partial charge is 0.497 e. The predicted octanol–water partition coefficient (Wildman–Crippen LogP) is 3.12. The highest BCUT2D eigenvalue weighted by atomic mass is 16.5. The minimum Gasteiger partial charge on any atom is -0.497 e. The average Bonchev–Trinajstić information content (AvgIpc) is 2.61. The van der Waals surface area contributed by atoms with Gasteiger partial charge in [-0.15, -0.1) is 0 Å². The van der Waals surface area contributed by atoms with Gasteiger partial charge in [0, 0.05) is 17.5 Å². The second-order valence-electron chi connectivity index (χ2n) is 4.88. The lowest BCUT2D eigenvalue weighted by molar-refractivity contribution is 0.112. The van der Waals surface area contributed by atoms with E-state index in [2.05, 4.69) is 0 Å². The molecule has 0 amide bonds. The summed E-state index contributed by atoms with van der Waals surface area (Å²) in [5.41, 5.74) is 2.29. The first-order chi connectivity index (χ1) is 11.2. The molecule has 0 saturated heterocycles. The minimum atomic E-state index is 0.450. The van der Waals surface area contributed by atoms with Crippen molar-refractivity contribution in [2.45, 2.75) is 6.42 Å². The number of carbonyl (C=O) groups excluding carboxylic acids is 1. The Labute approximate surface area is 135 Å². The average molecular weight is 316 g/mol. The topological polar surface area (TPSA) is 54.0 Å². The Morgan fingerprint density at radius 1 is 0.783 bits per heavy atom. The smallest absolute Gasteiger partial charge is 0.153 e. The van der Waals surface area contributed by atoms with Crippen LogP contribution in [0.15, 0.2) is 30.3 Å². The second kappa shape index (κ2) is 7.54. The van der Waals surface area contributed by atoms with E-state index < -0.39 is 0 Å². The molecular formula is C18H20O5. The van der Waals surface area contributed by atoms with Gasteiger partial charge in [0.05, 0.1) is 34.0 Å². The first kappa shape index (κ1) is 16.7. The normalized spacial score (nSPS) is 10.1. The van der Waals surface area contributed by atoms with Crippen molar-refractivity contribution in [2.75, 3.05) is 28.4 Å². The molecule has 0 fully saturated rings. The van der Waals surface area contributed by atoms with Crippen molar-refractivity contribution < 1.29 is 23.7 Å². The maximum Gasteiger partial charge on any atom is 0.153 e. The van der Waals surface area contributed by atoms with Crippen LogP contribution in [0.25, 0.3) is 0 Å². The third-order valence-electron chi connectivity index (χ3n) is 3.63. The van der Waals surface area contributed by atoms with Crippen molar-refractivity contribution in [2.24, 2.45) is 0 Å². The van der Waals surface area contributed by atoms with E-state index in [9.17, 15) is 4.79 Å². The summed E-state index contributed by atoms with van der Waals surface area (Å²) in [6.45, 7) is 0. The monoisotopic (exact) mass is 316 g/mol. The third-order valence-corrected chi connectivity index (χ3v) is 3.63. The van der Waals surface area contributed by atoms with Crippen LogP contribution < -0.4 is 18.9 Å². The Bertz CT molecular complexity index is 694. The lowest BCUT2D eigenvalue weighted by atomic mass is 10.0. The number of hydrogen-bond acceptors (Lipinski definition) is 5. The fourth-order valence-corrected chi connectivity index (χ4v) is 2.44. The predicted molar refractivity (Wildman–Crippen MR) is 87.3 cm³/mol. The molecule has 122 valence electrons. The van der Waals surface area contributed by atoms with Gasteiger partial charge >= 0.3 is 0 Å². The highest BCUT2D eigenvalue weighted by molar-refractivity contribution is 5.80. The number of aldehydes is 1. The van der Waals surface area contributed by atoms with Gasteiger partial charge in [0.1, 0.15) is 23.0 Å². The first-order valence-electron chi connectivity index (χ1n) is 7.07. The molecule has 0 aliphatic heterocycles. The molecule has 2 rings (SSSR count). The maximum absolute atomic E-state index is 11.1. The fourth-order valence-electron chi connectivity index (χ4n) is 2.44.